The van der Waals surface area contributed by atoms with E-state index in [9.17, 15) is 9.59 Å². The fourth-order valence-electron chi connectivity index (χ4n) is 2.22. The van der Waals surface area contributed by atoms with Gasteiger partial charge >= 0.3 is 5.97 Å². The molecule has 0 aliphatic rings. The minimum Gasteiger partial charge on any atom is -0.492 e. The van der Waals surface area contributed by atoms with Crippen LogP contribution < -0.4 is 15.8 Å². The van der Waals surface area contributed by atoms with Crippen molar-refractivity contribution >= 4 is 17.6 Å². The van der Waals surface area contributed by atoms with E-state index in [0.717, 1.165) is 0 Å². The summed E-state index contributed by atoms with van der Waals surface area (Å²) in [4.78, 5) is 22.7. The fourth-order valence-corrected chi connectivity index (χ4v) is 2.22. The van der Waals surface area contributed by atoms with Crippen molar-refractivity contribution in [3.05, 3.63) is 41.7 Å². The van der Waals surface area contributed by atoms with Crippen LogP contribution in [-0.2, 0) is 9.53 Å². The Bertz CT molecular complexity index is 818. The second kappa shape index (κ2) is 7.88. The highest BCUT2D eigenvalue weighted by Crippen LogP contribution is 2.25. The SMILES string of the molecule is COC(=O)c1c(N)c(C#N)cn1-c1ccc(OCCNC(C)=O)cc1. The Kier molecular flexibility index (Phi) is 5.63. The first-order valence-electron chi connectivity index (χ1n) is 7.44. The topological polar surface area (TPSA) is 119 Å². The molecule has 0 atom stereocenters. The molecule has 1 amide bonds. The molecule has 1 heterocycles. The van der Waals surface area contributed by atoms with E-state index in [4.69, 9.17) is 20.5 Å². The van der Waals surface area contributed by atoms with E-state index in [1.807, 2.05) is 6.07 Å². The van der Waals surface area contributed by atoms with Gasteiger partial charge in [0, 0.05) is 18.8 Å². The Hall–Kier alpha value is -3.47. The highest BCUT2D eigenvalue weighted by atomic mass is 16.5. The average molecular weight is 342 g/mol. The molecule has 2 rings (SSSR count). The number of carbonyl (C=O) groups excluding carboxylic acids is 2. The van der Waals surface area contributed by atoms with Crippen LogP contribution in [0.5, 0.6) is 5.75 Å². The van der Waals surface area contributed by atoms with Gasteiger partial charge in [0.15, 0.2) is 5.69 Å². The van der Waals surface area contributed by atoms with Crippen LogP contribution in [0.3, 0.4) is 0 Å². The molecule has 3 N–H and O–H groups in total. The molecule has 0 bridgehead atoms. The molecule has 8 heteroatoms. The molecule has 0 saturated heterocycles. The van der Waals surface area contributed by atoms with Crippen molar-refractivity contribution in [3.8, 4) is 17.5 Å². The van der Waals surface area contributed by atoms with Crippen LogP contribution in [0, 0.1) is 11.3 Å². The van der Waals surface area contributed by atoms with E-state index in [1.54, 1.807) is 24.3 Å². The first-order chi connectivity index (χ1) is 12.0. The van der Waals surface area contributed by atoms with Gasteiger partial charge in [-0.2, -0.15) is 5.26 Å². The zero-order valence-corrected chi connectivity index (χ0v) is 13.9. The number of carbonyl (C=O) groups is 2. The van der Waals surface area contributed by atoms with E-state index in [2.05, 4.69) is 5.32 Å². The maximum atomic E-state index is 12.0. The van der Waals surface area contributed by atoms with Crippen LogP contribution in [0.4, 0.5) is 5.69 Å². The molecule has 0 unspecified atom stereocenters. The Morgan fingerprint density at radius 3 is 2.56 bits per heavy atom. The van der Waals surface area contributed by atoms with Crippen molar-refractivity contribution in [2.24, 2.45) is 0 Å². The number of nitriles is 1. The number of nitrogen functional groups attached to an aromatic ring is 1. The maximum absolute atomic E-state index is 12.0. The van der Waals surface area contributed by atoms with Crippen molar-refractivity contribution in [2.45, 2.75) is 6.92 Å². The number of esters is 1. The molecular formula is C17H18N4O4. The molecule has 1 aromatic carbocycles. The quantitative estimate of drug-likeness (QED) is 0.602. The number of rotatable bonds is 6. The summed E-state index contributed by atoms with van der Waals surface area (Å²) in [7, 11) is 1.25. The van der Waals surface area contributed by atoms with E-state index in [0.29, 0.717) is 24.6 Å². The molecule has 130 valence electrons. The van der Waals surface area contributed by atoms with Gasteiger partial charge in [-0.1, -0.05) is 0 Å². The monoisotopic (exact) mass is 342 g/mol. The molecule has 0 spiro atoms. The van der Waals surface area contributed by atoms with Crippen LogP contribution in [0.2, 0.25) is 0 Å². The highest BCUT2D eigenvalue weighted by molar-refractivity contribution is 5.95. The minimum absolute atomic E-state index is 0.0741. The smallest absolute Gasteiger partial charge is 0.357 e. The summed E-state index contributed by atoms with van der Waals surface area (Å²) in [6, 6.07) is 8.82. The summed E-state index contributed by atoms with van der Waals surface area (Å²) in [6.07, 6.45) is 1.48. The first kappa shape index (κ1) is 17.9. The number of benzene rings is 1. The number of anilines is 1. The summed E-state index contributed by atoms with van der Waals surface area (Å²) < 4.78 is 11.7. The summed E-state index contributed by atoms with van der Waals surface area (Å²) in [5.41, 5.74) is 6.85. The number of methoxy groups -OCH3 is 1. The predicted octanol–water partition coefficient (Wildman–Crippen LogP) is 1.23. The third kappa shape index (κ3) is 4.09. The lowest BCUT2D eigenvalue weighted by Gasteiger charge is -2.10. The lowest BCUT2D eigenvalue weighted by molar-refractivity contribution is -0.119. The van der Waals surface area contributed by atoms with Crippen LogP contribution >= 0.6 is 0 Å². The van der Waals surface area contributed by atoms with E-state index >= 15 is 0 Å². The Balaban J connectivity index is 2.21. The number of hydrogen-bond acceptors (Lipinski definition) is 6. The molecule has 0 aliphatic heterocycles. The van der Waals surface area contributed by atoms with Gasteiger partial charge in [0.1, 0.15) is 18.4 Å². The molecule has 0 radical (unpaired) electrons. The molecule has 2 aromatic rings. The van der Waals surface area contributed by atoms with Gasteiger partial charge in [0.05, 0.1) is 24.9 Å². The van der Waals surface area contributed by atoms with Crippen molar-refractivity contribution in [1.29, 1.82) is 5.26 Å². The summed E-state index contributed by atoms with van der Waals surface area (Å²) in [6.45, 7) is 2.18. The zero-order valence-electron chi connectivity index (χ0n) is 13.9. The Labute approximate surface area is 144 Å². The predicted molar refractivity (Wildman–Crippen MR) is 90.4 cm³/mol. The number of nitrogens with zero attached hydrogens (tertiary/aromatic N) is 2. The van der Waals surface area contributed by atoms with Gasteiger partial charge in [0.25, 0.3) is 0 Å². The van der Waals surface area contributed by atoms with Gasteiger partial charge < -0.3 is 25.1 Å². The highest BCUT2D eigenvalue weighted by Gasteiger charge is 2.21. The zero-order chi connectivity index (χ0) is 18.4. The number of nitrogens with two attached hydrogens (primary N) is 1. The van der Waals surface area contributed by atoms with E-state index < -0.39 is 5.97 Å². The third-order valence-corrected chi connectivity index (χ3v) is 3.40. The van der Waals surface area contributed by atoms with Gasteiger partial charge in [-0.3, -0.25) is 4.79 Å². The second-order valence-corrected chi connectivity index (χ2v) is 5.10. The number of nitrogens with one attached hydrogen (secondary N) is 1. The maximum Gasteiger partial charge on any atom is 0.357 e. The normalized spacial score (nSPS) is 9.96. The molecule has 25 heavy (non-hydrogen) atoms. The van der Waals surface area contributed by atoms with Gasteiger partial charge in [-0.05, 0) is 24.3 Å². The van der Waals surface area contributed by atoms with Gasteiger partial charge in [-0.25, -0.2) is 4.79 Å². The van der Waals surface area contributed by atoms with Crippen LogP contribution in [0.25, 0.3) is 5.69 Å². The van der Waals surface area contributed by atoms with E-state index in [1.165, 1.54) is 24.8 Å². The number of ether oxygens (including phenoxy) is 2. The third-order valence-electron chi connectivity index (χ3n) is 3.40. The van der Waals surface area contributed by atoms with Gasteiger partial charge in [-0.15, -0.1) is 0 Å². The van der Waals surface area contributed by atoms with Crippen molar-refractivity contribution in [2.75, 3.05) is 26.0 Å². The lowest BCUT2D eigenvalue weighted by Crippen LogP contribution is -2.25. The fraction of sp³-hybridized carbons (Fsp3) is 0.235. The first-order valence-corrected chi connectivity index (χ1v) is 7.44. The summed E-state index contributed by atoms with van der Waals surface area (Å²) in [5, 5.41) is 11.7. The standard InChI is InChI=1S/C17H18N4O4/c1-11(22)20-7-8-25-14-5-3-13(4-6-14)21-10-12(9-18)15(19)16(21)17(23)24-2/h3-6,10H,7-8,19H2,1-2H3,(H,20,22). The summed E-state index contributed by atoms with van der Waals surface area (Å²) in [5.74, 6) is -0.142. The molecule has 0 saturated carbocycles. The van der Waals surface area contributed by atoms with Gasteiger partial charge in [0.2, 0.25) is 5.91 Å². The molecule has 8 nitrogen and oxygen atoms in total. The van der Waals surface area contributed by atoms with Crippen LogP contribution in [0.1, 0.15) is 23.0 Å². The molecule has 0 aliphatic carbocycles. The average Bonchev–Trinajstić information content (AvgIpc) is 2.95. The van der Waals surface area contributed by atoms with E-state index in [-0.39, 0.29) is 22.9 Å². The number of aromatic nitrogens is 1. The molecule has 1 aromatic heterocycles. The van der Waals surface area contributed by atoms with Crippen LogP contribution in [0.15, 0.2) is 30.5 Å². The minimum atomic E-state index is -0.630. The van der Waals surface area contributed by atoms with Crippen molar-refractivity contribution in [3.63, 3.8) is 0 Å². The molecular weight excluding hydrogens is 324 g/mol. The number of hydrogen-bond donors (Lipinski definition) is 2. The Morgan fingerprint density at radius 1 is 1.32 bits per heavy atom. The molecule has 0 fully saturated rings. The lowest BCUT2D eigenvalue weighted by atomic mass is 10.2. The van der Waals surface area contributed by atoms with Crippen molar-refractivity contribution < 1.29 is 19.1 Å². The largest absolute Gasteiger partial charge is 0.492 e. The van der Waals surface area contributed by atoms with Crippen molar-refractivity contribution in [1.82, 2.24) is 9.88 Å². The second-order valence-electron chi connectivity index (χ2n) is 5.10. The number of amides is 1. The summed E-state index contributed by atoms with van der Waals surface area (Å²) >= 11 is 0. The van der Waals surface area contributed by atoms with Crippen LogP contribution in [-0.4, -0.2) is 36.7 Å². The Morgan fingerprint density at radius 2 is 2.00 bits per heavy atom.